The van der Waals surface area contributed by atoms with E-state index in [1.165, 1.54) is 32.1 Å². The van der Waals surface area contributed by atoms with Crippen LogP contribution in [0, 0.1) is 5.92 Å². The van der Waals surface area contributed by atoms with Crippen molar-refractivity contribution in [2.24, 2.45) is 5.92 Å². The van der Waals surface area contributed by atoms with Crippen molar-refractivity contribution in [3.05, 3.63) is 24.0 Å². The number of rotatable bonds is 6. The fourth-order valence-electron chi connectivity index (χ4n) is 2.56. The lowest BCUT2D eigenvalue weighted by atomic mass is 9.90. The molecule has 0 radical (unpaired) electrons. The van der Waals surface area contributed by atoms with Crippen LogP contribution in [0.3, 0.4) is 0 Å². The highest BCUT2D eigenvalue weighted by atomic mass is 16.5. The zero-order valence-electron chi connectivity index (χ0n) is 12.2. The zero-order valence-corrected chi connectivity index (χ0v) is 12.2. The predicted octanol–water partition coefficient (Wildman–Crippen LogP) is 3.54. The molecular weight excluding hydrogens is 236 g/mol. The molecular formula is C16H26N2O. The molecule has 0 unspecified atom stereocenters. The Balaban J connectivity index is 1.87. The minimum atomic E-state index is 0.478. The van der Waals surface area contributed by atoms with Crippen molar-refractivity contribution in [3.63, 3.8) is 0 Å². The number of hydrogen-bond acceptors (Lipinski definition) is 3. The smallest absolute Gasteiger partial charge is 0.126 e. The van der Waals surface area contributed by atoms with Gasteiger partial charge in [-0.25, -0.2) is 0 Å². The van der Waals surface area contributed by atoms with Crippen molar-refractivity contribution in [2.45, 2.75) is 58.5 Å². The molecule has 1 fully saturated rings. The summed E-state index contributed by atoms with van der Waals surface area (Å²) in [5.74, 6) is 1.74. The maximum Gasteiger partial charge on any atom is 0.126 e. The first kappa shape index (κ1) is 14.3. The Kier molecular flexibility index (Phi) is 5.64. The van der Waals surface area contributed by atoms with Crippen LogP contribution >= 0.6 is 0 Å². The topological polar surface area (TPSA) is 34.2 Å². The zero-order chi connectivity index (χ0) is 13.5. The summed E-state index contributed by atoms with van der Waals surface area (Å²) >= 11 is 0. The van der Waals surface area contributed by atoms with E-state index < -0.39 is 0 Å². The summed E-state index contributed by atoms with van der Waals surface area (Å²) in [5.41, 5.74) is 1.16. The van der Waals surface area contributed by atoms with Crippen LogP contribution in [-0.2, 0) is 6.54 Å². The third kappa shape index (κ3) is 4.83. The molecule has 1 aliphatic rings. The van der Waals surface area contributed by atoms with Gasteiger partial charge in [-0.05, 0) is 24.8 Å². The number of nitrogens with zero attached hydrogens (tertiary/aromatic N) is 1. The van der Waals surface area contributed by atoms with Crippen molar-refractivity contribution >= 4 is 0 Å². The molecule has 3 heteroatoms. The molecule has 0 amide bonds. The van der Waals surface area contributed by atoms with E-state index in [1.54, 1.807) is 0 Å². The Morgan fingerprint density at radius 3 is 2.84 bits per heavy atom. The van der Waals surface area contributed by atoms with Gasteiger partial charge >= 0.3 is 0 Å². The van der Waals surface area contributed by atoms with E-state index in [0.717, 1.165) is 30.4 Å². The van der Waals surface area contributed by atoms with E-state index in [2.05, 4.69) is 24.1 Å². The van der Waals surface area contributed by atoms with E-state index in [0.29, 0.717) is 6.04 Å². The maximum absolute atomic E-state index is 6.03. The molecule has 106 valence electrons. The van der Waals surface area contributed by atoms with Crippen LogP contribution in [0.2, 0.25) is 0 Å². The summed E-state index contributed by atoms with van der Waals surface area (Å²) in [5, 5.41) is 3.42. The van der Waals surface area contributed by atoms with Crippen LogP contribution in [0.25, 0.3) is 0 Å². The van der Waals surface area contributed by atoms with E-state index in [-0.39, 0.29) is 0 Å². The molecule has 0 aliphatic heterocycles. The summed E-state index contributed by atoms with van der Waals surface area (Å²) < 4.78 is 6.03. The maximum atomic E-state index is 6.03. The van der Waals surface area contributed by atoms with Crippen molar-refractivity contribution < 1.29 is 4.74 Å². The highest BCUT2D eigenvalue weighted by Gasteiger charge is 2.14. The fraction of sp³-hybridized carbons (Fsp3) is 0.688. The Labute approximate surface area is 116 Å². The first-order valence-electron chi connectivity index (χ1n) is 7.55. The van der Waals surface area contributed by atoms with Gasteiger partial charge in [-0.3, -0.25) is 4.98 Å². The van der Waals surface area contributed by atoms with Crippen LogP contribution in [0.1, 0.15) is 51.5 Å². The first-order valence-corrected chi connectivity index (χ1v) is 7.55. The largest absolute Gasteiger partial charge is 0.493 e. The summed E-state index contributed by atoms with van der Waals surface area (Å²) in [7, 11) is 0. The molecule has 1 aliphatic carbocycles. The molecule has 0 spiro atoms. The number of hydrogen-bond donors (Lipinski definition) is 1. The van der Waals surface area contributed by atoms with E-state index >= 15 is 0 Å². The normalized spacial score (nSPS) is 16.8. The van der Waals surface area contributed by atoms with Gasteiger partial charge in [-0.2, -0.15) is 0 Å². The van der Waals surface area contributed by atoms with Gasteiger partial charge in [-0.15, -0.1) is 0 Å². The second kappa shape index (κ2) is 7.49. The van der Waals surface area contributed by atoms with Crippen LogP contribution in [0.4, 0.5) is 0 Å². The van der Waals surface area contributed by atoms with E-state index in [4.69, 9.17) is 4.74 Å². The Hall–Kier alpha value is -1.09. The quantitative estimate of drug-likeness (QED) is 0.851. The van der Waals surface area contributed by atoms with E-state index in [9.17, 15) is 0 Å². The minimum absolute atomic E-state index is 0.478. The highest BCUT2D eigenvalue weighted by molar-refractivity contribution is 5.30. The van der Waals surface area contributed by atoms with Crippen molar-refractivity contribution in [3.8, 4) is 5.75 Å². The number of aromatic nitrogens is 1. The van der Waals surface area contributed by atoms with Gasteiger partial charge in [0.05, 0.1) is 6.61 Å². The third-order valence-electron chi connectivity index (χ3n) is 3.76. The Morgan fingerprint density at radius 2 is 2.11 bits per heavy atom. The Morgan fingerprint density at radius 1 is 1.32 bits per heavy atom. The molecule has 1 aromatic heterocycles. The lowest BCUT2D eigenvalue weighted by molar-refractivity contribution is 0.207. The molecule has 19 heavy (non-hydrogen) atoms. The summed E-state index contributed by atoms with van der Waals surface area (Å²) in [6.45, 7) is 5.99. The summed E-state index contributed by atoms with van der Waals surface area (Å²) in [6.07, 6.45) is 10.5. The molecule has 0 aromatic carbocycles. The minimum Gasteiger partial charge on any atom is -0.493 e. The lowest BCUT2D eigenvalue weighted by Gasteiger charge is -2.22. The standard InChI is InChI=1S/C16H26N2O/c1-13(2)18-11-15-10-17-9-8-16(15)19-12-14-6-4-3-5-7-14/h8-10,13-14,18H,3-7,11-12H2,1-2H3. The van der Waals surface area contributed by atoms with Gasteiger partial charge in [0.1, 0.15) is 5.75 Å². The predicted molar refractivity (Wildman–Crippen MR) is 78.3 cm³/mol. The number of ether oxygens (including phenoxy) is 1. The van der Waals surface area contributed by atoms with Gasteiger partial charge < -0.3 is 10.1 Å². The van der Waals surface area contributed by atoms with Gasteiger partial charge in [0.25, 0.3) is 0 Å². The third-order valence-corrected chi connectivity index (χ3v) is 3.76. The molecule has 1 heterocycles. The average Bonchev–Trinajstić information content (AvgIpc) is 2.45. The highest BCUT2D eigenvalue weighted by Crippen LogP contribution is 2.25. The molecule has 3 nitrogen and oxygen atoms in total. The van der Waals surface area contributed by atoms with Gasteiger partial charge in [0.2, 0.25) is 0 Å². The molecule has 0 bridgehead atoms. The van der Waals surface area contributed by atoms with Crippen LogP contribution in [-0.4, -0.2) is 17.6 Å². The SMILES string of the molecule is CC(C)NCc1cnccc1OCC1CCCCC1. The molecule has 2 rings (SSSR count). The lowest BCUT2D eigenvalue weighted by Crippen LogP contribution is -2.22. The molecule has 1 N–H and O–H groups in total. The van der Waals surface area contributed by atoms with Gasteiger partial charge in [0, 0.05) is 30.5 Å². The number of pyridine rings is 1. The molecule has 0 saturated heterocycles. The number of nitrogens with one attached hydrogen (secondary N) is 1. The molecule has 0 atom stereocenters. The molecule has 1 aromatic rings. The van der Waals surface area contributed by atoms with Crippen LogP contribution in [0.5, 0.6) is 5.75 Å². The second-order valence-corrected chi connectivity index (χ2v) is 5.83. The fourth-order valence-corrected chi connectivity index (χ4v) is 2.56. The van der Waals surface area contributed by atoms with E-state index in [1.807, 2.05) is 18.5 Å². The first-order chi connectivity index (χ1) is 9.25. The summed E-state index contributed by atoms with van der Waals surface area (Å²) in [6, 6.07) is 2.46. The monoisotopic (exact) mass is 262 g/mol. The average molecular weight is 262 g/mol. The van der Waals surface area contributed by atoms with Crippen LogP contribution < -0.4 is 10.1 Å². The second-order valence-electron chi connectivity index (χ2n) is 5.83. The van der Waals surface area contributed by atoms with Crippen molar-refractivity contribution in [1.29, 1.82) is 0 Å². The van der Waals surface area contributed by atoms with Gasteiger partial charge in [0.15, 0.2) is 0 Å². The van der Waals surface area contributed by atoms with Crippen molar-refractivity contribution in [1.82, 2.24) is 10.3 Å². The van der Waals surface area contributed by atoms with Crippen LogP contribution in [0.15, 0.2) is 18.5 Å². The molecule has 1 saturated carbocycles. The Bertz CT molecular complexity index is 373. The van der Waals surface area contributed by atoms with Crippen molar-refractivity contribution in [2.75, 3.05) is 6.61 Å². The van der Waals surface area contributed by atoms with Gasteiger partial charge in [-0.1, -0.05) is 33.1 Å². The summed E-state index contributed by atoms with van der Waals surface area (Å²) in [4.78, 5) is 4.20.